The highest BCUT2D eigenvalue weighted by Crippen LogP contribution is 2.25. The normalized spacial score (nSPS) is 9.72. The second-order valence-electron chi connectivity index (χ2n) is 5.54. The van der Waals surface area contributed by atoms with Crippen molar-refractivity contribution in [3.63, 3.8) is 0 Å². The summed E-state index contributed by atoms with van der Waals surface area (Å²) in [6.07, 6.45) is 0. The lowest BCUT2D eigenvalue weighted by Crippen LogP contribution is -2.03. The first-order valence-electron chi connectivity index (χ1n) is 8.00. The van der Waals surface area contributed by atoms with E-state index in [0.717, 1.165) is 0 Å². The van der Waals surface area contributed by atoms with E-state index in [2.05, 4.69) is 65.9 Å². The second kappa shape index (κ2) is 9.97. The molecule has 132 valence electrons. The predicted octanol–water partition coefficient (Wildman–Crippen LogP) is 5.16. The average molecular weight is 402 g/mol. The first-order valence-corrected chi connectivity index (χ1v) is 8.00. The van der Waals surface area contributed by atoms with Gasteiger partial charge in [-0.2, -0.15) is 0 Å². The Balaban J connectivity index is 0.000000301. The molecule has 0 fully saturated rings. The molecule has 0 unspecified atom stereocenters. The molecule has 0 spiro atoms. The zero-order valence-electron chi connectivity index (χ0n) is 14.6. The highest BCUT2D eigenvalue weighted by atomic mass is 79.9. The number of carbonyl (C=O) groups is 1. The summed E-state index contributed by atoms with van der Waals surface area (Å²) in [6.45, 7) is 7.80. The number of fused-ring (bicyclic) bond motifs is 2. The lowest BCUT2D eigenvalue weighted by molar-refractivity contribution is -0.138. The zero-order chi connectivity index (χ0) is 17.5. The van der Waals surface area contributed by atoms with Crippen molar-refractivity contribution in [3.8, 4) is 0 Å². The molecule has 0 bridgehead atoms. The van der Waals surface area contributed by atoms with Crippen LogP contribution >= 0.6 is 17.0 Å². The third-order valence-corrected chi connectivity index (χ3v) is 3.68. The number of esters is 1. The van der Waals surface area contributed by atoms with Crippen LogP contribution in [0.15, 0.2) is 66.7 Å². The molecule has 0 saturated heterocycles. The minimum atomic E-state index is -0.312. The van der Waals surface area contributed by atoms with Gasteiger partial charge in [-0.05, 0) is 53.1 Å². The number of rotatable bonds is 3. The van der Waals surface area contributed by atoms with E-state index in [1.165, 1.54) is 27.1 Å². The molecule has 3 aromatic carbocycles. The molecule has 0 radical (unpaired) electrons. The van der Waals surface area contributed by atoms with Gasteiger partial charge in [-0.15, -0.1) is 17.0 Å². The maximum Gasteiger partial charge on any atom is 0.333 e. The number of hydrogen-bond acceptors (Lipinski definition) is 3. The molecule has 0 amide bonds. The van der Waals surface area contributed by atoms with Crippen molar-refractivity contribution in [3.05, 3.63) is 72.3 Å². The van der Waals surface area contributed by atoms with E-state index in [-0.39, 0.29) is 23.0 Å². The van der Waals surface area contributed by atoms with Crippen molar-refractivity contribution >= 4 is 44.5 Å². The topological polar surface area (TPSA) is 52.3 Å². The Labute approximate surface area is 159 Å². The number of hydrogen-bond donors (Lipinski definition) is 1. The van der Waals surface area contributed by atoms with E-state index in [1.807, 2.05) is 0 Å². The number of benzene rings is 3. The number of halogens is 1. The van der Waals surface area contributed by atoms with E-state index < -0.39 is 0 Å². The summed E-state index contributed by atoms with van der Waals surface area (Å²) in [5.74, 6) is -0.312. The van der Waals surface area contributed by atoms with E-state index in [0.29, 0.717) is 18.7 Å². The molecular formula is C21H24BrNO2. The summed E-state index contributed by atoms with van der Waals surface area (Å²) in [5.41, 5.74) is 7.42. The van der Waals surface area contributed by atoms with Gasteiger partial charge in [-0.3, -0.25) is 0 Å². The van der Waals surface area contributed by atoms with Crippen LogP contribution in [0.3, 0.4) is 0 Å². The third-order valence-electron chi connectivity index (χ3n) is 3.68. The van der Waals surface area contributed by atoms with Crippen molar-refractivity contribution < 1.29 is 9.53 Å². The molecule has 2 N–H and O–H groups in total. The van der Waals surface area contributed by atoms with Gasteiger partial charge in [0.2, 0.25) is 0 Å². The molecule has 25 heavy (non-hydrogen) atoms. The first kappa shape index (κ1) is 20.9. The van der Waals surface area contributed by atoms with Gasteiger partial charge >= 0.3 is 5.97 Å². The molecule has 3 rings (SSSR count). The van der Waals surface area contributed by atoms with Crippen LogP contribution in [0, 0.1) is 0 Å². The Kier molecular flexibility index (Phi) is 8.32. The minimum Gasteiger partial charge on any atom is -0.463 e. The summed E-state index contributed by atoms with van der Waals surface area (Å²) in [6, 6.07) is 19.2. The van der Waals surface area contributed by atoms with E-state index >= 15 is 0 Å². The molecule has 0 heterocycles. The third kappa shape index (κ3) is 5.41. The molecule has 3 aromatic rings. The van der Waals surface area contributed by atoms with Crippen LogP contribution in [0.5, 0.6) is 0 Å². The molecule has 0 saturated carbocycles. The van der Waals surface area contributed by atoms with Crippen LogP contribution in [0.2, 0.25) is 0 Å². The average Bonchev–Trinajstić information content (AvgIpc) is 2.60. The molecule has 0 aliphatic carbocycles. The summed E-state index contributed by atoms with van der Waals surface area (Å²) in [4.78, 5) is 10.4. The standard InChI is InChI=1S/C15H13N.C6H10O2.BrH/c16-10-14-7-3-6-13-8-11-4-1-2-5-12(11)9-15(13)14;1-4-8-6(7)5(2)3;/h1-9H,10,16H2;2,4H2,1,3H3;1H. The van der Waals surface area contributed by atoms with Crippen molar-refractivity contribution in [1.29, 1.82) is 0 Å². The summed E-state index contributed by atoms with van der Waals surface area (Å²) in [7, 11) is 0. The number of nitrogens with two attached hydrogens (primary N) is 1. The Morgan fingerprint density at radius 3 is 2.16 bits per heavy atom. The summed E-state index contributed by atoms with van der Waals surface area (Å²) < 4.78 is 4.56. The SMILES string of the molecule is Br.C=C(C)C(=O)OCC.NCc1cccc2cc3ccccc3cc12. The molecule has 0 aliphatic rings. The van der Waals surface area contributed by atoms with Crippen LogP contribution in [0.25, 0.3) is 21.5 Å². The first-order chi connectivity index (χ1) is 11.6. The van der Waals surface area contributed by atoms with Gasteiger partial charge in [0.25, 0.3) is 0 Å². The lowest BCUT2D eigenvalue weighted by Gasteiger charge is -2.06. The van der Waals surface area contributed by atoms with Gasteiger partial charge in [0.15, 0.2) is 0 Å². The monoisotopic (exact) mass is 401 g/mol. The quantitative estimate of drug-likeness (QED) is 0.374. The Morgan fingerprint density at radius 1 is 1.04 bits per heavy atom. The van der Waals surface area contributed by atoms with Crippen molar-refractivity contribution in [2.24, 2.45) is 5.73 Å². The van der Waals surface area contributed by atoms with Crippen molar-refractivity contribution in [2.45, 2.75) is 20.4 Å². The van der Waals surface area contributed by atoms with Crippen molar-refractivity contribution in [2.75, 3.05) is 6.61 Å². The van der Waals surface area contributed by atoms with Gasteiger partial charge < -0.3 is 10.5 Å². The Hall–Kier alpha value is -2.17. The van der Waals surface area contributed by atoms with Gasteiger partial charge in [0, 0.05) is 12.1 Å². The molecule has 4 heteroatoms. The Morgan fingerprint density at radius 2 is 1.64 bits per heavy atom. The van der Waals surface area contributed by atoms with Gasteiger partial charge in [-0.1, -0.05) is 49.0 Å². The minimum absolute atomic E-state index is 0. The molecule has 3 nitrogen and oxygen atoms in total. The van der Waals surface area contributed by atoms with Gasteiger partial charge in [0.1, 0.15) is 0 Å². The summed E-state index contributed by atoms with van der Waals surface area (Å²) >= 11 is 0. The van der Waals surface area contributed by atoms with Crippen LogP contribution in [-0.4, -0.2) is 12.6 Å². The van der Waals surface area contributed by atoms with E-state index in [1.54, 1.807) is 13.8 Å². The van der Waals surface area contributed by atoms with Gasteiger partial charge in [0.05, 0.1) is 6.61 Å². The fourth-order valence-electron chi connectivity index (χ4n) is 2.46. The highest BCUT2D eigenvalue weighted by Gasteiger charge is 2.01. The van der Waals surface area contributed by atoms with Crippen LogP contribution in [0.1, 0.15) is 19.4 Å². The number of carbonyl (C=O) groups excluding carboxylic acids is 1. The number of ether oxygens (including phenoxy) is 1. The predicted molar refractivity (Wildman–Crippen MR) is 111 cm³/mol. The molecular weight excluding hydrogens is 378 g/mol. The van der Waals surface area contributed by atoms with E-state index in [9.17, 15) is 4.79 Å². The fraction of sp³-hybridized carbons (Fsp3) is 0.190. The fourth-order valence-corrected chi connectivity index (χ4v) is 2.46. The second-order valence-corrected chi connectivity index (χ2v) is 5.54. The van der Waals surface area contributed by atoms with Crippen LogP contribution < -0.4 is 5.73 Å². The lowest BCUT2D eigenvalue weighted by atomic mass is 10.00. The maximum absolute atomic E-state index is 10.4. The van der Waals surface area contributed by atoms with E-state index in [4.69, 9.17) is 5.73 Å². The van der Waals surface area contributed by atoms with Gasteiger partial charge in [-0.25, -0.2) is 4.79 Å². The van der Waals surface area contributed by atoms with Crippen LogP contribution in [0.4, 0.5) is 0 Å². The smallest absolute Gasteiger partial charge is 0.333 e. The molecule has 0 aliphatic heterocycles. The molecule has 0 aromatic heterocycles. The maximum atomic E-state index is 10.4. The molecule has 0 atom stereocenters. The largest absolute Gasteiger partial charge is 0.463 e. The Bertz CT molecular complexity index is 874. The van der Waals surface area contributed by atoms with Crippen LogP contribution in [-0.2, 0) is 16.1 Å². The highest BCUT2D eigenvalue weighted by molar-refractivity contribution is 8.93. The zero-order valence-corrected chi connectivity index (χ0v) is 16.3. The van der Waals surface area contributed by atoms with Crippen molar-refractivity contribution in [1.82, 2.24) is 0 Å². The summed E-state index contributed by atoms with van der Waals surface area (Å²) in [5, 5.41) is 5.09.